The summed E-state index contributed by atoms with van der Waals surface area (Å²) in [5, 5.41) is 2.88. The smallest absolute Gasteiger partial charge is 0.274 e. The molecule has 0 atom stereocenters. The van der Waals surface area contributed by atoms with Crippen LogP contribution in [0.5, 0.6) is 0 Å². The van der Waals surface area contributed by atoms with E-state index in [2.05, 4.69) is 15.2 Å². The summed E-state index contributed by atoms with van der Waals surface area (Å²) >= 11 is 0. The van der Waals surface area contributed by atoms with Crippen molar-refractivity contribution in [2.24, 2.45) is 0 Å². The standard InChI is InChI=1S/C16H17N3O2/c20-16(15-6-1-2-7-17-15)18-13-4-3-5-14(12-13)19-8-10-21-11-9-19/h1-7,12H,8-11H2,(H,18,20). The van der Waals surface area contributed by atoms with Gasteiger partial charge in [0.2, 0.25) is 0 Å². The fourth-order valence-corrected chi connectivity index (χ4v) is 2.29. The van der Waals surface area contributed by atoms with Gasteiger partial charge in [0.25, 0.3) is 5.91 Å². The molecular formula is C16H17N3O2. The van der Waals surface area contributed by atoms with Gasteiger partial charge in [-0.05, 0) is 30.3 Å². The summed E-state index contributed by atoms with van der Waals surface area (Å²) in [5.41, 5.74) is 2.28. The maximum absolute atomic E-state index is 12.1. The maximum atomic E-state index is 12.1. The van der Waals surface area contributed by atoms with Crippen LogP contribution in [0, 0.1) is 0 Å². The molecule has 1 saturated heterocycles. The van der Waals surface area contributed by atoms with E-state index in [1.54, 1.807) is 24.4 Å². The van der Waals surface area contributed by atoms with Crippen LogP contribution in [0.4, 0.5) is 11.4 Å². The zero-order valence-corrected chi connectivity index (χ0v) is 11.7. The maximum Gasteiger partial charge on any atom is 0.274 e. The minimum absolute atomic E-state index is 0.199. The number of nitrogens with one attached hydrogen (secondary N) is 1. The van der Waals surface area contributed by atoms with E-state index in [1.807, 2.05) is 24.3 Å². The number of aromatic nitrogens is 1. The number of hydrogen-bond acceptors (Lipinski definition) is 4. The predicted octanol–water partition coefficient (Wildman–Crippen LogP) is 2.17. The van der Waals surface area contributed by atoms with Gasteiger partial charge in [0.05, 0.1) is 13.2 Å². The molecule has 0 radical (unpaired) electrons. The van der Waals surface area contributed by atoms with Gasteiger partial charge in [0.1, 0.15) is 5.69 Å². The van der Waals surface area contributed by atoms with E-state index in [0.717, 1.165) is 37.7 Å². The van der Waals surface area contributed by atoms with Gasteiger partial charge >= 0.3 is 0 Å². The fourth-order valence-electron chi connectivity index (χ4n) is 2.29. The van der Waals surface area contributed by atoms with Crippen molar-refractivity contribution < 1.29 is 9.53 Å². The number of hydrogen-bond donors (Lipinski definition) is 1. The summed E-state index contributed by atoms with van der Waals surface area (Å²) in [5.74, 6) is -0.199. The van der Waals surface area contributed by atoms with Crippen LogP contribution in [0.3, 0.4) is 0 Å². The van der Waals surface area contributed by atoms with Crippen LogP contribution < -0.4 is 10.2 Å². The van der Waals surface area contributed by atoms with Crippen molar-refractivity contribution in [2.75, 3.05) is 36.5 Å². The van der Waals surface area contributed by atoms with Gasteiger partial charge in [-0.15, -0.1) is 0 Å². The minimum Gasteiger partial charge on any atom is -0.378 e. The van der Waals surface area contributed by atoms with Crippen molar-refractivity contribution in [2.45, 2.75) is 0 Å². The number of rotatable bonds is 3. The van der Waals surface area contributed by atoms with Crippen molar-refractivity contribution >= 4 is 17.3 Å². The lowest BCUT2D eigenvalue weighted by molar-refractivity contribution is 0.102. The number of carbonyl (C=O) groups is 1. The first-order valence-corrected chi connectivity index (χ1v) is 6.98. The highest BCUT2D eigenvalue weighted by Gasteiger charge is 2.12. The summed E-state index contributed by atoms with van der Waals surface area (Å²) in [6.45, 7) is 3.23. The third-order valence-electron chi connectivity index (χ3n) is 3.38. The molecule has 0 saturated carbocycles. The molecule has 108 valence electrons. The quantitative estimate of drug-likeness (QED) is 0.938. The number of ether oxygens (including phenoxy) is 1. The van der Waals surface area contributed by atoms with Crippen molar-refractivity contribution in [3.8, 4) is 0 Å². The summed E-state index contributed by atoms with van der Waals surface area (Å²) in [4.78, 5) is 18.4. The molecule has 1 aliphatic rings. The molecule has 2 aromatic rings. The van der Waals surface area contributed by atoms with Gasteiger partial charge in [-0.3, -0.25) is 9.78 Å². The molecule has 0 aliphatic carbocycles. The van der Waals surface area contributed by atoms with Crippen molar-refractivity contribution in [3.05, 3.63) is 54.4 Å². The largest absolute Gasteiger partial charge is 0.378 e. The molecule has 2 heterocycles. The second kappa shape index (κ2) is 6.37. The van der Waals surface area contributed by atoms with E-state index in [9.17, 15) is 4.79 Å². The molecule has 1 fully saturated rings. The Bertz CT molecular complexity index is 610. The predicted molar refractivity (Wildman–Crippen MR) is 81.7 cm³/mol. The molecule has 1 amide bonds. The van der Waals surface area contributed by atoms with E-state index in [1.165, 1.54) is 0 Å². The highest BCUT2D eigenvalue weighted by atomic mass is 16.5. The lowest BCUT2D eigenvalue weighted by atomic mass is 10.2. The Morgan fingerprint density at radius 1 is 1.14 bits per heavy atom. The van der Waals surface area contributed by atoms with Crippen LogP contribution >= 0.6 is 0 Å². The molecule has 5 heteroatoms. The molecule has 0 unspecified atom stereocenters. The SMILES string of the molecule is O=C(Nc1cccc(N2CCOCC2)c1)c1ccccn1. The summed E-state index contributed by atoms with van der Waals surface area (Å²) in [6.07, 6.45) is 1.61. The first-order valence-electron chi connectivity index (χ1n) is 6.98. The van der Waals surface area contributed by atoms with Gasteiger partial charge in [0.15, 0.2) is 0 Å². The average molecular weight is 283 g/mol. The van der Waals surface area contributed by atoms with Crippen LogP contribution in [0.2, 0.25) is 0 Å². The first-order chi connectivity index (χ1) is 10.3. The number of amides is 1. The van der Waals surface area contributed by atoms with E-state index in [0.29, 0.717) is 5.69 Å². The number of carbonyl (C=O) groups excluding carboxylic acids is 1. The zero-order chi connectivity index (χ0) is 14.5. The van der Waals surface area contributed by atoms with Crippen molar-refractivity contribution in [1.29, 1.82) is 0 Å². The molecule has 5 nitrogen and oxygen atoms in total. The molecular weight excluding hydrogens is 266 g/mol. The Labute approximate surface area is 123 Å². The van der Waals surface area contributed by atoms with Gasteiger partial charge < -0.3 is 15.0 Å². The number of morpholine rings is 1. The van der Waals surface area contributed by atoms with E-state index >= 15 is 0 Å². The fraction of sp³-hybridized carbons (Fsp3) is 0.250. The Morgan fingerprint density at radius 3 is 2.76 bits per heavy atom. The Kier molecular flexibility index (Phi) is 4.12. The monoisotopic (exact) mass is 283 g/mol. The lowest BCUT2D eigenvalue weighted by Gasteiger charge is -2.29. The molecule has 1 aromatic carbocycles. The molecule has 3 rings (SSSR count). The number of nitrogens with zero attached hydrogens (tertiary/aromatic N) is 2. The van der Waals surface area contributed by atoms with E-state index < -0.39 is 0 Å². The Morgan fingerprint density at radius 2 is 2.00 bits per heavy atom. The van der Waals surface area contributed by atoms with Crippen molar-refractivity contribution in [1.82, 2.24) is 4.98 Å². The zero-order valence-electron chi connectivity index (χ0n) is 11.7. The van der Waals surface area contributed by atoms with Crippen molar-refractivity contribution in [3.63, 3.8) is 0 Å². The van der Waals surface area contributed by atoms with E-state index in [4.69, 9.17) is 4.74 Å². The molecule has 21 heavy (non-hydrogen) atoms. The molecule has 1 aromatic heterocycles. The van der Waals surface area contributed by atoms with Crippen LogP contribution in [0.1, 0.15) is 10.5 Å². The Balaban J connectivity index is 1.72. The minimum atomic E-state index is -0.199. The summed E-state index contributed by atoms with van der Waals surface area (Å²) in [7, 11) is 0. The average Bonchev–Trinajstić information content (AvgIpc) is 2.57. The first kappa shape index (κ1) is 13.6. The van der Waals surface area contributed by atoms with Crippen LogP contribution in [0.15, 0.2) is 48.7 Å². The molecule has 1 aliphatic heterocycles. The molecule has 1 N–H and O–H groups in total. The normalized spacial score (nSPS) is 14.8. The molecule has 0 spiro atoms. The van der Waals surface area contributed by atoms with E-state index in [-0.39, 0.29) is 5.91 Å². The highest BCUT2D eigenvalue weighted by Crippen LogP contribution is 2.20. The summed E-state index contributed by atoms with van der Waals surface area (Å²) < 4.78 is 5.35. The van der Waals surface area contributed by atoms with Crippen LogP contribution in [0.25, 0.3) is 0 Å². The van der Waals surface area contributed by atoms with Crippen LogP contribution in [-0.4, -0.2) is 37.2 Å². The third kappa shape index (κ3) is 3.38. The second-order valence-corrected chi connectivity index (χ2v) is 4.82. The lowest BCUT2D eigenvalue weighted by Crippen LogP contribution is -2.36. The Hall–Kier alpha value is -2.40. The van der Waals surface area contributed by atoms with Gasteiger partial charge in [-0.25, -0.2) is 0 Å². The second-order valence-electron chi connectivity index (χ2n) is 4.82. The third-order valence-corrected chi connectivity index (χ3v) is 3.38. The highest BCUT2D eigenvalue weighted by molar-refractivity contribution is 6.03. The molecule has 0 bridgehead atoms. The number of pyridine rings is 1. The van der Waals surface area contributed by atoms with Gasteiger partial charge in [-0.1, -0.05) is 12.1 Å². The van der Waals surface area contributed by atoms with Gasteiger partial charge in [0, 0.05) is 30.7 Å². The number of anilines is 2. The van der Waals surface area contributed by atoms with Crippen LogP contribution in [-0.2, 0) is 4.74 Å². The summed E-state index contributed by atoms with van der Waals surface area (Å²) in [6, 6.07) is 13.1. The topological polar surface area (TPSA) is 54.5 Å². The number of benzene rings is 1. The van der Waals surface area contributed by atoms with Gasteiger partial charge in [-0.2, -0.15) is 0 Å².